The molecule has 0 aromatic heterocycles. The van der Waals surface area contributed by atoms with Crippen molar-refractivity contribution in [1.29, 1.82) is 0 Å². The van der Waals surface area contributed by atoms with Gasteiger partial charge in [0, 0.05) is 6.61 Å². The lowest BCUT2D eigenvalue weighted by Crippen LogP contribution is -2.45. The van der Waals surface area contributed by atoms with Gasteiger partial charge in [0.25, 0.3) is 0 Å². The van der Waals surface area contributed by atoms with E-state index in [0.717, 1.165) is 51.5 Å². The van der Waals surface area contributed by atoms with Gasteiger partial charge in [-0.25, -0.2) is 0 Å². The Morgan fingerprint density at radius 2 is 1.60 bits per heavy atom. The van der Waals surface area contributed by atoms with Crippen molar-refractivity contribution in [2.75, 3.05) is 13.2 Å². The van der Waals surface area contributed by atoms with Crippen molar-refractivity contribution in [2.45, 2.75) is 63.5 Å². The molecule has 1 rings (SSSR count). The van der Waals surface area contributed by atoms with E-state index in [-0.39, 0.29) is 6.61 Å². The van der Waals surface area contributed by atoms with Crippen molar-refractivity contribution in [3.8, 4) is 0 Å². The summed E-state index contributed by atoms with van der Waals surface area (Å²) >= 11 is 0. The summed E-state index contributed by atoms with van der Waals surface area (Å²) in [6.45, 7) is 1.15. The minimum Gasteiger partial charge on any atom is -0.396 e. The van der Waals surface area contributed by atoms with E-state index in [2.05, 4.69) is 5.32 Å². The Morgan fingerprint density at radius 1 is 0.933 bits per heavy atom. The van der Waals surface area contributed by atoms with Crippen LogP contribution in [0.25, 0.3) is 0 Å². The van der Waals surface area contributed by atoms with Crippen molar-refractivity contribution in [1.82, 2.24) is 5.32 Å². The van der Waals surface area contributed by atoms with E-state index < -0.39 is 5.72 Å². The molecule has 0 saturated heterocycles. The molecule has 15 heavy (non-hydrogen) atoms. The van der Waals surface area contributed by atoms with Gasteiger partial charge >= 0.3 is 0 Å². The molecule has 0 atom stereocenters. The summed E-state index contributed by atoms with van der Waals surface area (Å²) in [4.78, 5) is 0. The van der Waals surface area contributed by atoms with Gasteiger partial charge < -0.3 is 10.2 Å². The topological polar surface area (TPSA) is 52.5 Å². The molecule has 0 aromatic carbocycles. The second-order valence-corrected chi connectivity index (χ2v) is 4.66. The van der Waals surface area contributed by atoms with Gasteiger partial charge in [0.05, 0.1) is 0 Å². The number of aliphatic hydroxyl groups is 2. The van der Waals surface area contributed by atoms with Crippen LogP contribution in [0.5, 0.6) is 0 Å². The van der Waals surface area contributed by atoms with Crippen LogP contribution in [-0.2, 0) is 0 Å². The highest BCUT2D eigenvalue weighted by atomic mass is 16.3. The summed E-state index contributed by atoms with van der Waals surface area (Å²) in [5.74, 6) is 0. The summed E-state index contributed by atoms with van der Waals surface area (Å²) < 4.78 is 0. The number of hydrogen-bond donors (Lipinski definition) is 3. The van der Waals surface area contributed by atoms with Crippen LogP contribution in [0.15, 0.2) is 0 Å². The van der Waals surface area contributed by atoms with Crippen LogP contribution < -0.4 is 5.32 Å². The number of rotatable bonds is 6. The second-order valence-electron chi connectivity index (χ2n) is 4.66. The highest BCUT2D eigenvalue weighted by Gasteiger charge is 2.26. The molecule has 0 heterocycles. The van der Waals surface area contributed by atoms with Gasteiger partial charge in [-0.05, 0) is 51.5 Å². The molecular weight excluding hydrogens is 190 g/mol. The van der Waals surface area contributed by atoms with Crippen LogP contribution in [0.1, 0.15) is 57.8 Å². The van der Waals surface area contributed by atoms with Gasteiger partial charge in [-0.2, -0.15) is 0 Å². The van der Waals surface area contributed by atoms with E-state index in [0.29, 0.717) is 0 Å². The van der Waals surface area contributed by atoms with Crippen molar-refractivity contribution >= 4 is 0 Å². The first kappa shape index (κ1) is 12.9. The van der Waals surface area contributed by atoms with Gasteiger partial charge in [0.2, 0.25) is 0 Å². The maximum absolute atomic E-state index is 10.2. The number of aliphatic hydroxyl groups excluding tert-OH is 1. The van der Waals surface area contributed by atoms with Gasteiger partial charge in [-0.15, -0.1) is 0 Å². The van der Waals surface area contributed by atoms with E-state index in [4.69, 9.17) is 5.11 Å². The molecule has 0 unspecified atom stereocenters. The molecule has 0 aromatic rings. The summed E-state index contributed by atoms with van der Waals surface area (Å²) in [7, 11) is 0. The average Bonchev–Trinajstić information content (AvgIpc) is 2.43. The summed E-state index contributed by atoms with van der Waals surface area (Å²) in [6, 6.07) is 0. The average molecular weight is 215 g/mol. The molecule has 0 amide bonds. The predicted molar refractivity (Wildman–Crippen MR) is 61.6 cm³/mol. The Labute approximate surface area is 92.9 Å². The molecule has 0 aliphatic heterocycles. The molecule has 1 aliphatic rings. The Hall–Kier alpha value is -0.120. The van der Waals surface area contributed by atoms with E-state index in [9.17, 15) is 5.11 Å². The normalized spacial score (nSPS) is 21.2. The van der Waals surface area contributed by atoms with Crippen LogP contribution in [0, 0.1) is 0 Å². The van der Waals surface area contributed by atoms with Crippen LogP contribution in [-0.4, -0.2) is 29.1 Å². The molecule has 1 aliphatic carbocycles. The monoisotopic (exact) mass is 215 g/mol. The van der Waals surface area contributed by atoms with Crippen molar-refractivity contribution in [3.63, 3.8) is 0 Å². The third-order valence-electron chi connectivity index (χ3n) is 3.22. The molecule has 0 radical (unpaired) electrons. The van der Waals surface area contributed by atoms with E-state index in [1.165, 1.54) is 12.8 Å². The van der Waals surface area contributed by atoms with Crippen molar-refractivity contribution in [3.05, 3.63) is 0 Å². The Kier molecular flexibility index (Phi) is 6.22. The van der Waals surface area contributed by atoms with E-state index in [1.54, 1.807) is 0 Å². The zero-order chi connectivity index (χ0) is 11.0. The first-order valence-electron chi connectivity index (χ1n) is 6.35. The summed E-state index contributed by atoms with van der Waals surface area (Å²) in [5.41, 5.74) is -0.601. The van der Waals surface area contributed by atoms with Crippen molar-refractivity contribution in [2.24, 2.45) is 0 Å². The highest BCUT2D eigenvalue weighted by Crippen LogP contribution is 2.24. The largest absolute Gasteiger partial charge is 0.396 e. The summed E-state index contributed by atoms with van der Waals surface area (Å²) in [6.07, 6.45) is 9.55. The minimum absolute atomic E-state index is 0.282. The van der Waals surface area contributed by atoms with Gasteiger partial charge in [0.15, 0.2) is 0 Å². The van der Waals surface area contributed by atoms with E-state index >= 15 is 0 Å². The zero-order valence-corrected chi connectivity index (χ0v) is 9.67. The molecule has 0 spiro atoms. The standard InChI is InChI=1S/C12H25NO2/c14-11-7-3-6-10-13-12(15)8-4-1-2-5-9-12/h13-15H,1-11H2. The van der Waals surface area contributed by atoms with Gasteiger partial charge in [-0.3, -0.25) is 5.32 Å². The lowest BCUT2D eigenvalue weighted by atomic mass is 10.0. The van der Waals surface area contributed by atoms with E-state index in [1.807, 2.05) is 0 Å². The third kappa shape index (κ3) is 5.50. The Morgan fingerprint density at radius 3 is 2.20 bits per heavy atom. The lowest BCUT2D eigenvalue weighted by molar-refractivity contribution is -0.00910. The third-order valence-corrected chi connectivity index (χ3v) is 3.22. The maximum Gasteiger partial charge on any atom is 0.116 e. The molecular formula is C12H25NO2. The van der Waals surface area contributed by atoms with Crippen LogP contribution in [0.2, 0.25) is 0 Å². The minimum atomic E-state index is -0.601. The zero-order valence-electron chi connectivity index (χ0n) is 9.67. The van der Waals surface area contributed by atoms with Gasteiger partial charge in [-0.1, -0.05) is 12.8 Å². The number of nitrogens with one attached hydrogen (secondary N) is 1. The molecule has 1 fully saturated rings. The lowest BCUT2D eigenvalue weighted by Gasteiger charge is -2.28. The van der Waals surface area contributed by atoms with Crippen LogP contribution >= 0.6 is 0 Å². The quantitative estimate of drug-likeness (QED) is 0.360. The van der Waals surface area contributed by atoms with Crippen molar-refractivity contribution < 1.29 is 10.2 Å². The highest BCUT2D eigenvalue weighted by molar-refractivity contribution is 4.78. The first-order chi connectivity index (χ1) is 7.27. The molecule has 3 N–H and O–H groups in total. The van der Waals surface area contributed by atoms with Gasteiger partial charge in [0.1, 0.15) is 5.72 Å². The fraction of sp³-hybridized carbons (Fsp3) is 1.00. The smallest absolute Gasteiger partial charge is 0.116 e. The Balaban J connectivity index is 2.11. The molecule has 1 saturated carbocycles. The van der Waals surface area contributed by atoms with Crippen LogP contribution in [0.4, 0.5) is 0 Å². The SMILES string of the molecule is OCCCCCNC1(O)CCCCCC1. The molecule has 3 heteroatoms. The Bertz CT molecular complexity index is 154. The fourth-order valence-corrected chi connectivity index (χ4v) is 2.22. The number of hydrogen-bond acceptors (Lipinski definition) is 3. The molecule has 3 nitrogen and oxygen atoms in total. The fourth-order valence-electron chi connectivity index (χ4n) is 2.22. The molecule has 90 valence electrons. The predicted octanol–water partition coefficient (Wildman–Crippen LogP) is 1.78. The molecule has 0 bridgehead atoms. The summed E-state index contributed by atoms with van der Waals surface area (Å²) in [5, 5.41) is 22.2. The number of unbranched alkanes of at least 4 members (excludes halogenated alkanes) is 2. The van der Waals surface area contributed by atoms with Crippen LogP contribution in [0.3, 0.4) is 0 Å². The maximum atomic E-state index is 10.2. The first-order valence-corrected chi connectivity index (χ1v) is 6.35. The second kappa shape index (κ2) is 7.20.